The molecule has 3 rings (SSSR count). The lowest BCUT2D eigenvalue weighted by Crippen LogP contribution is -2.43. The number of nitrogens with zero attached hydrogens (tertiary/aromatic N) is 2. The maximum Gasteiger partial charge on any atom is 0.408 e. The topological polar surface area (TPSA) is 55.6 Å². The number of carbonyl (C=O) groups is 1. The molecule has 0 spiro atoms. The van der Waals surface area contributed by atoms with Crippen LogP contribution >= 0.6 is 0 Å². The van der Waals surface area contributed by atoms with Crippen LogP contribution in [0, 0.1) is 6.92 Å². The number of benzene rings is 2. The molecule has 0 fully saturated rings. The van der Waals surface area contributed by atoms with Gasteiger partial charge in [0.1, 0.15) is 5.60 Å². The van der Waals surface area contributed by atoms with E-state index in [1.165, 1.54) is 0 Å². The van der Waals surface area contributed by atoms with Crippen LogP contribution in [-0.4, -0.2) is 23.0 Å². The summed E-state index contributed by atoms with van der Waals surface area (Å²) < 4.78 is 7.55. The van der Waals surface area contributed by atoms with Gasteiger partial charge in [0.15, 0.2) is 0 Å². The molecule has 1 aromatic heterocycles. The summed E-state index contributed by atoms with van der Waals surface area (Å²) in [4.78, 5) is 16.2. The van der Waals surface area contributed by atoms with Crippen molar-refractivity contribution >= 4 is 18.9 Å². The first-order chi connectivity index (χ1) is 15.5. The number of aliphatic imine (C=N–C) groups is 1. The minimum Gasteiger partial charge on any atom is -0.444 e. The third kappa shape index (κ3) is 5.80. The third-order valence-corrected chi connectivity index (χ3v) is 5.38. The molecular formula is C28H33N3O2. The van der Waals surface area contributed by atoms with Crippen LogP contribution in [-0.2, 0) is 10.3 Å². The summed E-state index contributed by atoms with van der Waals surface area (Å²) in [7, 11) is 0. The molecule has 2 aromatic carbocycles. The minimum atomic E-state index is -0.582. The summed E-state index contributed by atoms with van der Waals surface area (Å²) >= 11 is 0. The van der Waals surface area contributed by atoms with Gasteiger partial charge in [-0.3, -0.25) is 4.99 Å². The number of aromatic nitrogens is 1. The molecule has 0 radical (unpaired) electrons. The van der Waals surface area contributed by atoms with E-state index in [1.807, 2.05) is 77.4 Å². The average Bonchev–Trinajstić information content (AvgIpc) is 3.25. The van der Waals surface area contributed by atoms with Gasteiger partial charge in [-0.2, -0.15) is 0 Å². The number of amides is 1. The van der Waals surface area contributed by atoms with E-state index < -0.39 is 17.2 Å². The summed E-state index contributed by atoms with van der Waals surface area (Å²) in [5, 5.41) is 2.97. The van der Waals surface area contributed by atoms with Gasteiger partial charge in [-0.1, -0.05) is 36.4 Å². The highest BCUT2D eigenvalue weighted by molar-refractivity contribution is 5.81. The van der Waals surface area contributed by atoms with Gasteiger partial charge in [0.05, 0.1) is 11.2 Å². The molecule has 0 saturated carbocycles. The van der Waals surface area contributed by atoms with E-state index in [0.717, 1.165) is 33.5 Å². The molecule has 0 aliphatic heterocycles. The Kier molecular flexibility index (Phi) is 6.92. The molecule has 1 N–H and O–H groups in total. The van der Waals surface area contributed by atoms with E-state index in [9.17, 15) is 4.79 Å². The number of alkyl carbamates (subject to hydrolysis) is 1. The summed E-state index contributed by atoms with van der Waals surface area (Å²) in [6, 6.07) is 16.6. The van der Waals surface area contributed by atoms with Crippen molar-refractivity contribution in [2.75, 3.05) is 0 Å². The number of aryl methyl sites for hydroxylation is 1. The molecule has 0 aliphatic rings. The number of rotatable bonds is 6. The Hall–Kier alpha value is -3.60. The van der Waals surface area contributed by atoms with Gasteiger partial charge in [0.25, 0.3) is 0 Å². The van der Waals surface area contributed by atoms with Crippen molar-refractivity contribution in [3.63, 3.8) is 0 Å². The molecule has 0 atom stereocenters. The Morgan fingerprint density at radius 3 is 2.24 bits per heavy atom. The quantitative estimate of drug-likeness (QED) is 0.422. The molecule has 5 heteroatoms. The standard InChI is InChI=1S/C28H33N3O2/c1-20-10-15-24(25(23(20)16-17-29-7)31-18-8-9-19-31)21-11-13-22(14-12-21)28(5,6)30-26(32)33-27(2,3)4/h8-19H,7H2,1-6H3,(H,30,32)/b17-16-. The first kappa shape index (κ1) is 24.1. The Morgan fingerprint density at radius 2 is 1.67 bits per heavy atom. The van der Waals surface area contributed by atoms with Crippen molar-refractivity contribution in [3.8, 4) is 16.8 Å². The summed E-state index contributed by atoms with van der Waals surface area (Å²) in [5.74, 6) is 0. The molecule has 0 bridgehead atoms. The Morgan fingerprint density at radius 1 is 1.03 bits per heavy atom. The van der Waals surface area contributed by atoms with Crippen molar-refractivity contribution < 1.29 is 9.53 Å². The monoisotopic (exact) mass is 443 g/mol. The number of ether oxygens (including phenoxy) is 1. The number of nitrogens with one attached hydrogen (secondary N) is 1. The molecular weight excluding hydrogens is 410 g/mol. The first-order valence-corrected chi connectivity index (χ1v) is 11.0. The smallest absolute Gasteiger partial charge is 0.408 e. The molecule has 0 aliphatic carbocycles. The second-order valence-corrected chi connectivity index (χ2v) is 9.61. The van der Waals surface area contributed by atoms with Crippen molar-refractivity contribution in [2.45, 2.75) is 52.7 Å². The maximum atomic E-state index is 12.3. The molecule has 1 amide bonds. The zero-order chi connectivity index (χ0) is 24.2. The largest absolute Gasteiger partial charge is 0.444 e. The van der Waals surface area contributed by atoms with Gasteiger partial charge in [-0.15, -0.1) is 0 Å². The molecule has 3 aromatic rings. The second-order valence-electron chi connectivity index (χ2n) is 9.61. The molecule has 172 valence electrons. The summed E-state index contributed by atoms with van der Waals surface area (Å²) in [5.41, 5.74) is 5.37. The highest BCUT2D eigenvalue weighted by Crippen LogP contribution is 2.34. The van der Waals surface area contributed by atoms with Gasteiger partial charge < -0.3 is 14.6 Å². The van der Waals surface area contributed by atoms with Gasteiger partial charge in [0, 0.05) is 29.7 Å². The van der Waals surface area contributed by atoms with Crippen molar-refractivity contribution in [3.05, 3.63) is 83.8 Å². The van der Waals surface area contributed by atoms with Crippen LogP contribution in [0.1, 0.15) is 51.3 Å². The summed E-state index contributed by atoms with van der Waals surface area (Å²) in [6.07, 6.45) is 7.35. The lowest BCUT2D eigenvalue weighted by atomic mass is 9.91. The second kappa shape index (κ2) is 9.49. The Bertz CT molecular complexity index is 1150. The van der Waals surface area contributed by atoms with Crippen molar-refractivity contribution in [2.24, 2.45) is 4.99 Å². The van der Waals surface area contributed by atoms with E-state index in [0.29, 0.717) is 0 Å². The zero-order valence-corrected chi connectivity index (χ0v) is 20.3. The van der Waals surface area contributed by atoms with Crippen molar-refractivity contribution in [1.29, 1.82) is 0 Å². The van der Waals surface area contributed by atoms with Crippen LogP contribution in [0.4, 0.5) is 4.79 Å². The lowest BCUT2D eigenvalue weighted by molar-refractivity contribution is 0.0470. The normalized spacial score (nSPS) is 12.1. The average molecular weight is 444 g/mol. The predicted molar refractivity (Wildman–Crippen MR) is 137 cm³/mol. The molecule has 0 unspecified atom stereocenters. The van der Waals surface area contributed by atoms with E-state index in [4.69, 9.17) is 4.74 Å². The van der Waals surface area contributed by atoms with E-state index in [1.54, 1.807) is 6.20 Å². The number of carbonyl (C=O) groups excluding carboxylic acids is 1. The Labute approximate surface area is 196 Å². The van der Waals surface area contributed by atoms with Gasteiger partial charge in [-0.25, -0.2) is 4.79 Å². The molecule has 0 saturated heterocycles. The number of hydrogen-bond donors (Lipinski definition) is 1. The van der Waals surface area contributed by atoms with E-state index >= 15 is 0 Å². The predicted octanol–water partition coefficient (Wildman–Crippen LogP) is 6.88. The lowest BCUT2D eigenvalue weighted by Gasteiger charge is -2.29. The highest BCUT2D eigenvalue weighted by atomic mass is 16.6. The van der Waals surface area contributed by atoms with Crippen LogP contribution in [0.5, 0.6) is 0 Å². The molecule has 1 heterocycles. The minimum absolute atomic E-state index is 0.433. The SMILES string of the molecule is C=N/C=C\c1c(C)ccc(-c2ccc(C(C)(C)NC(=O)OC(C)(C)C)cc2)c1-n1cccc1. The first-order valence-electron chi connectivity index (χ1n) is 11.0. The Balaban J connectivity index is 1.99. The molecule has 33 heavy (non-hydrogen) atoms. The van der Waals surface area contributed by atoms with Crippen LogP contribution in [0.2, 0.25) is 0 Å². The van der Waals surface area contributed by atoms with Crippen LogP contribution in [0.15, 0.2) is 72.1 Å². The fourth-order valence-electron chi connectivity index (χ4n) is 3.74. The zero-order valence-electron chi connectivity index (χ0n) is 20.3. The highest BCUT2D eigenvalue weighted by Gasteiger charge is 2.26. The summed E-state index contributed by atoms with van der Waals surface area (Å²) in [6.45, 7) is 15.2. The van der Waals surface area contributed by atoms with E-state index in [-0.39, 0.29) is 0 Å². The van der Waals surface area contributed by atoms with Crippen molar-refractivity contribution in [1.82, 2.24) is 9.88 Å². The molecule has 5 nitrogen and oxygen atoms in total. The third-order valence-electron chi connectivity index (χ3n) is 5.38. The van der Waals surface area contributed by atoms with Gasteiger partial charge in [-0.05, 0) is 83.2 Å². The van der Waals surface area contributed by atoms with Crippen LogP contribution in [0.25, 0.3) is 22.9 Å². The fourth-order valence-corrected chi connectivity index (χ4v) is 3.74. The van der Waals surface area contributed by atoms with Gasteiger partial charge in [0.2, 0.25) is 0 Å². The van der Waals surface area contributed by atoms with Crippen LogP contribution < -0.4 is 5.32 Å². The van der Waals surface area contributed by atoms with Crippen LogP contribution in [0.3, 0.4) is 0 Å². The maximum absolute atomic E-state index is 12.3. The fraction of sp³-hybridized carbons (Fsp3) is 0.286. The van der Waals surface area contributed by atoms with Gasteiger partial charge >= 0.3 is 6.09 Å². The van der Waals surface area contributed by atoms with E-state index in [2.05, 4.69) is 52.8 Å². The number of hydrogen-bond acceptors (Lipinski definition) is 3.